The lowest BCUT2D eigenvalue weighted by atomic mass is 9.70. The number of halogens is 1. The smallest absolute Gasteiger partial charge is 0.245 e. The number of benzene rings is 2. The van der Waals surface area contributed by atoms with E-state index in [1.807, 2.05) is 46.7 Å². The molecule has 0 radical (unpaired) electrons. The van der Waals surface area contributed by atoms with E-state index in [2.05, 4.69) is 45.1 Å². The Morgan fingerprint density at radius 3 is 2.47 bits per heavy atom. The molecule has 3 aromatic rings. The van der Waals surface area contributed by atoms with E-state index < -0.39 is 0 Å². The maximum atomic E-state index is 13.6. The number of rotatable bonds is 6. The zero-order chi connectivity index (χ0) is 24.5. The van der Waals surface area contributed by atoms with Crippen LogP contribution >= 0.6 is 22.9 Å². The Morgan fingerprint density at radius 2 is 1.85 bits per heavy atom. The molecule has 0 saturated carbocycles. The second-order valence-corrected chi connectivity index (χ2v) is 11.5. The fourth-order valence-corrected chi connectivity index (χ4v) is 5.71. The van der Waals surface area contributed by atoms with Crippen molar-refractivity contribution >= 4 is 39.7 Å². The lowest BCUT2D eigenvalue weighted by molar-refractivity contribution is -0.136. The standard InChI is InChI=1S/C27H33ClN4OS/c1-17(2)24(31-26-30-23(15-34-26)19-7-11-21(29)12-8-19)25(33)32-14-13-22(27(3,4)16-32)18-5-9-20(28)10-6-18/h5-12,15,17,22,24H,13-14,16,29H2,1-4H3,(H,30,31)/t22-,24-/m1/s1. The second kappa shape index (κ2) is 9.96. The van der Waals surface area contributed by atoms with E-state index in [9.17, 15) is 4.79 Å². The maximum Gasteiger partial charge on any atom is 0.245 e. The van der Waals surface area contributed by atoms with Crippen molar-refractivity contribution < 1.29 is 4.79 Å². The molecule has 0 unspecified atom stereocenters. The highest BCUT2D eigenvalue weighted by atomic mass is 35.5. The number of likely N-dealkylation sites (tertiary alicyclic amines) is 1. The lowest BCUT2D eigenvalue weighted by Crippen LogP contribution is -2.53. The molecular formula is C27H33ClN4OS. The number of nitrogens with one attached hydrogen (secondary N) is 1. The molecule has 0 aliphatic carbocycles. The van der Waals surface area contributed by atoms with Gasteiger partial charge in [-0.3, -0.25) is 4.79 Å². The first kappa shape index (κ1) is 24.6. The molecule has 0 bridgehead atoms. The molecular weight excluding hydrogens is 464 g/mol. The number of carbonyl (C=O) groups excluding carboxylic acids is 1. The summed E-state index contributed by atoms with van der Waals surface area (Å²) in [7, 11) is 0. The Kier molecular flexibility index (Phi) is 7.20. The van der Waals surface area contributed by atoms with Crippen LogP contribution in [0.25, 0.3) is 11.3 Å². The van der Waals surface area contributed by atoms with Gasteiger partial charge in [-0.05, 0) is 53.5 Å². The topological polar surface area (TPSA) is 71.2 Å². The van der Waals surface area contributed by atoms with Crippen LogP contribution in [-0.4, -0.2) is 34.9 Å². The van der Waals surface area contributed by atoms with E-state index in [1.165, 1.54) is 16.9 Å². The van der Waals surface area contributed by atoms with Crippen molar-refractivity contribution in [3.8, 4) is 11.3 Å². The van der Waals surface area contributed by atoms with E-state index in [-0.39, 0.29) is 23.3 Å². The molecule has 2 atom stereocenters. The number of aromatic nitrogens is 1. The highest BCUT2D eigenvalue weighted by Crippen LogP contribution is 2.42. The monoisotopic (exact) mass is 496 g/mol. The summed E-state index contributed by atoms with van der Waals surface area (Å²) in [5.41, 5.74) is 9.68. The van der Waals surface area contributed by atoms with Crippen LogP contribution in [0.5, 0.6) is 0 Å². The van der Waals surface area contributed by atoms with Gasteiger partial charge in [-0.2, -0.15) is 0 Å². The van der Waals surface area contributed by atoms with Crippen molar-refractivity contribution in [1.29, 1.82) is 0 Å². The van der Waals surface area contributed by atoms with Gasteiger partial charge in [-0.15, -0.1) is 11.3 Å². The van der Waals surface area contributed by atoms with Crippen LogP contribution in [0, 0.1) is 11.3 Å². The van der Waals surface area contributed by atoms with Crippen LogP contribution in [-0.2, 0) is 4.79 Å². The molecule has 0 spiro atoms. The van der Waals surface area contributed by atoms with Crippen molar-refractivity contribution in [2.24, 2.45) is 11.3 Å². The third-order valence-corrected chi connectivity index (χ3v) is 7.76. The number of hydrogen-bond acceptors (Lipinski definition) is 5. The molecule has 5 nitrogen and oxygen atoms in total. The SMILES string of the molecule is CC(C)[C@@H](Nc1nc(-c2ccc(N)cc2)cs1)C(=O)N1CC[C@H](c2ccc(Cl)cc2)C(C)(C)C1. The van der Waals surface area contributed by atoms with Gasteiger partial charge in [0.25, 0.3) is 0 Å². The van der Waals surface area contributed by atoms with Gasteiger partial charge in [-0.1, -0.05) is 63.6 Å². The van der Waals surface area contributed by atoms with E-state index >= 15 is 0 Å². The molecule has 4 rings (SSSR count). The molecule has 34 heavy (non-hydrogen) atoms. The largest absolute Gasteiger partial charge is 0.399 e. The quantitative estimate of drug-likeness (QED) is 0.381. The van der Waals surface area contributed by atoms with E-state index in [1.54, 1.807) is 0 Å². The average molecular weight is 497 g/mol. The summed E-state index contributed by atoms with van der Waals surface area (Å²) in [6, 6.07) is 15.5. The molecule has 1 saturated heterocycles. The third-order valence-electron chi connectivity index (χ3n) is 6.74. The van der Waals surface area contributed by atoms with E-state index in [0.29, 0.717) is 5.92 Å². The second-order valence-electron chi connectivity index (χ2n) is 10.2. The van der Waals surface area contributed by atoms with Gasteiger partial charge >= 0.3 is 0 Å². The number of thiazole rings is 1. The fraction of sp³-hybridized carbons (Fsp3) is 0.407. The number of anilines is 2. The number of hydrogen-bond donors (Lipinski definition) is 2. The minimum absolute atomic E-state index is 0.0349. The third kappa shape index (κ3) is 5.39. The first-order valence-corrected chi connectivity index (χ1v) is 13.0. The predicted molar refractivity (Wildman–Crippen MR) is 143 cm³/mol. The molecule has 1 aromatic heterocycles. The number of nitrogen functional groups attached to an aromatic ring is 1. The number of carbonyl (C=O) groups is 1. The summed E-state index contributed by atoms with van der Waals surface area (Å²) in [5.74, 6) is 0.663. The molecule has 1 fully saturated rings. The maximum absolute atomic E-state index is 13.6. The molecule has 3 N–H and O–H groups in total. The van der Waals surface area contributed by atoms with Crippen molar-refractivity contribution in [2.45, 2.75) is 46.1 Å². The van der Waals surface area contributed by atoms with Gasteiger partial charge < -0.3 is 16.0 Å². The summed E-state index contributed by atoms with van der Waals surface area (Å²) >= 11 is 7.61. The van der Waals surface area contributed by atoms with Gasteiger partial charge in [-0.25, -0.2) is 4.98 Å². The van der Waals surface area contributed by atoms with Crippen LogP contribution in [0.2, 0.25) is 5.02 Å². The van der Waals surface area contributed by atoms with Crippen LogP contribution in [0.4, 0.5) is 10.8 Å². The van der Waals surface area contributed by atoms with Crippen molar-refractivity contribution in [1.82, 2.24) is 9.88 Å². The van der Waals surface area contributed by atoms with Gasteiger partial charge in [0.15, 0.2) is 5.13 Å². The molecule has 7 heteroatoms. The highest BCUT2D eigenvalue weighted by molar-refractivity contribution is 7.14. The summed E-state index contributed by atoms with van der Waals surface area (Å²) in [4.78, 5) is 20.4. The number of nitrogens with two attached hydrogens (primary N) is 1. The number of nitrogens with zero attached hydrogens (tertiary/aromatic N) is 2. The molecule has 1 aliphatic rings. The highest BCUT2D eigenvalue weighted by Gasteiger charge is 2.40. The normalized spacial score (nSPS) is 18.6. The Labute approximate surface area is 211 Å². The van der Waals surface area contributed by atoms with Crippen LogP contribution in [0.15, 0.2) is 53.9 Å². The lowest BCUT2D eigenvalue weighted by Gasteiger charge is -2.45. The Bertz CT molecular complexity index is 1120. The summed E-state index contributed by atoms with van der Waals surface area (Å²) in [6.45, 7) is 10.1. The summed E-state index contributed by atoms with van der Waals surface area (Å²) in [6.07, 6.45) is 0.934. The van der Waals surface area contributed by atoms with Crippen LogP contribution < -0.4 is 11.1 Å². The number of amides is 1. The predicted octanol–water partition coefficient (Wildman–Crippen LogP) is 6.52. The Hall–Kier alpha value is -2.57. The zero-order valence-electron chi connectivity index (χ0n) is 20.2. The van der Waals surface area contributed by atoms with Gasteiger partial charge in [0, 0.05) is 34.7 Å². The first-order chi connectivity index (χ1) is 16.1. The minimum atomic E-state index is -0.326. The van der Waals surface area contributed by atoms with Crippen LogP contribution in [0.3, 0.4) is 0 Å². The van der Waals surface area contributed by atoms with E-state index in [0.717, 1.165) is 46.6 Å². The van der Waals surface area contributed by atoms with Crippen molar-refractivity contribution in [2.75, 3.05) is 24.1 Å². The van der Waals surface area contributed by atoms with Crippen molar-refractivity contribution in [3.05, 3.63) is 64.5 Å². The van der Waals surface area contributed by atoms with Gasteiger partial charge in [0.1, 0.15) is 6.04 Å². The van der Waals surface area contributed by atoms with Crippen molar-refractivity contribution in [3.63, 3.8) is 0 Å². The zero-order valence-corrected chi connectivity index (χ0v) is 21.8. The van der Waals surface area contributed by atoms with Gasteiger partial charge in [0.05, 0.1) is 5.69 Å². The summed E-state index contributed by atoms with van der Waals surface area (Å²) < 4.78 is 0. The summed E-state index contributed by atoms with van der Waals surface area (Å²) in [5, 5.41) is 6.95. The molecule has 1 amide bonds. The fourth-order valence-electron chi connectivity index (χ4n) is 4.83. The Morgan fingerprint density at radius 1 is 1.18 bits per heavy atom. The molecule has 2 heterocycles. The first-order valence-electron chi connectivity index (χ1n) is 11.8. The molecule has 180 valence electrons. The number of piperidine rings is 1. The van der Waals surface area contributed by atoms with Crippen LogP contribution in [0.1, 0.15) is 45.6 Å². The average Bonchev–Trinajstić information content (AvgIpc) is 3.26. The minimum Gasteiger partial charge on any atom is -0.399 e. The Balaban J connectivity index is 1.46. The molecule has 1 aliphatic heterocycles. The van der Waals surface area contributed by atoms with E-state index in [4.69, 9.17) is 22.3 Å². The van der Waals surface area contributed by atoms with Gasteiger partial charge in [0.2, 0.25) is 5.91 Å². The molecule has 2 aromatic carbocycles.